The van der Waals surface area contributed by atoms with Gasteiger partial charge >= 0.3 is 6.09 Å². The smallest absolute Gasteiger partial charge is 0.408 e. The molecular weight excluding hydrogens is 355 g/mol. The van der Waals surface area contributed by atoms with Gasteiger partial charge in [0.15, 0.2) is 0 Å². The van der Waals surface area contributed by atoms with Gasteiger partial charge < -0.3 is 9.63 Å². The number of likely N-dealkylation sites (tertiary alicyclic amines) is 1. The molecule has 1 aliphatic heterocycles. The molecule has 128 valence electrons. The Labute approximate surface area is 147 Å². The Balaban J connectivity index is 2.04. The molecule has 2 N–H and O–H groups in total. The average molecular weight is 371 g/mol. The van der Waals surface area contributed by atoms with Crippen molar-refractivity contribution in [1.29, 1.82) is 0 Å². The number of rotatable bonds is 2. The van der Waals surface area contributed by atoms with E-state index in [0.29, 0.717) is 40.8 Å². The molecule has 24 heavy (non-hydrogen) atoms. The summed E-state index contributed by atoms with van der Waals surface area (Å²) in [5.41, 5.74) is -0.429. The Bertz CT molecular complexity index is 811. The molecule has 2 aromatic rings. The highest BCUT2D eigenvalue weighted by molar-refractivity contribution is 6.34. The number of piperidine rings is 1. The van der Waals surface area contributed by atoms with E-state index in [0.717, 1.165) is 0 Å². The van der Waals surface area contributed by atoms with Gasteiger partial charge in [0.2, 0.25) is 0 Å². The molecule has 0 radical (unpaired) electrons. The molecule has 2 heterocycles. The molecule has 0 spiro atoms. The summed E-state index contributed by atoms with van der Waals surface area (Å²) in [7, 11) is 0. The number of hydrogen-bond acceptors (Lipinski definition) is 3. The summed E-state index contributed by atoms with van der Waals surface area (Å²) in [6, 6.07) is 6.46. The second-order valence-corrected chi connectivity index (χ2v) is 7.04. The van der Waals surface area contributed by atoms with E-state index in [-0.39, 0.29) is 11.5 Å². The minimum Gasteiger partial charge on any atom is -0.465 e. The SMILES string of the molecule is C[C@@]1(c2cc(Cl)cc(Cl)c2)C[C@H](c2cc(=O)[nH]o2)CCN1C(=O)O. The molecule has 0 unspecified atom stereocenters. The van der Waals surface area contributed by atoms with Crippen LogP contribution in [-0.4, -0.2) is 27.8 Å². The van der Waals surface area contributed by atoms with E-state index in [4.69, 9.17) is 27.7 Å². The van der Waals surface area contributed by atoms with Crippen molar-refractivity contribution in [3.05, 3.63) is 56.0 Å². The highest BCUT2D eigenvalue weighted by Crippen LogP contribution is 2.44. The maximum absolute atomic E-state index is 11.7. The number of H-pyrrole nitrogens is 1. The zero-order chi connectivity index (χ0) is 17.5. The van der Waals surface area contributed by atoms with Gasteiger partial charge in [0.1, 0.15) is 5.76 Å². The molecule has 3 rings (SSSR count). The molecule has 8 heteroatoms. The second kappa shape index (κ2) is 6.18. The normalized spacial score (nSPS) is 24.1. The lowest BCUT2D eigenvalue weighted by Crippen LogP contribution is -2.51. The van der Waals surface area contributed by atoms with E-state index in [1.807, 2.05) is 6.92 Å². The fourth-order valence-electron chi connectivity index (χ4n) is 3.41. The van der Waals surface area contributed by atoms with Crippen LogP contribution in [-0.2, 0) is 5.54 Å². The summed E-state index contributed by atoms with van der Waals surface area (Å²) in [6.07, 6.45) is 0.0101. The first-order valence-electron chi connectivity index (χ1n) is 7.45. The second-order valence-electron chi connectivity index (χ2n) is 6.17. The van der Waals surface area contributed by atoms with Gasteiger partial charge in [0.05, 0.1) is 5.54 Å². The molecule has 0 bridgehead atoms. The van der Waals surface area contributed by atoms with Crippen LogP contribution in [0.5, 0.6) is 0 Å². The lowest BCUT2D eigenvalue weighted by molar-refractivity contribution is 0.0440. The minimum atomic E-state index is -1.01. The fraction of sp³-hybridized carbons (Fsp3) is 0.375. The topological polar surface area (TPSA) is 86.5 Å². The van der Waals surface area contributed by atoms with Crippen molar-refractivity contribution in [3.8, 4) is 0 Å². The van der Waals surface area contributed by atoms with E-state index >= 15 is 0 Å². The standard InChI is InChI=1S/C16H16Cl2N2O4/c1-16(10-4-11(17)6-12(18)5-10)8-9(2-3-20(16)15(22)23)13-7-14(21)19-24-13/h4-7,9H,2-3,8H2,1H3,(H,19,21)(H,22,23)/t9-,16+/m1/s1. The molecule has 1 aromatic carbocycles. The molecule has 6 nitrogen and oxygen atoms in total. The molecule has 0 aliphatic carbocycles. The van der Waals surface area contributed by atoms with Crippen LogP contribution in [0.15, 0.2) is 33.6 Å². The van der Waals surface area contributed by atoms with Gasteiger partial charge in [-0.25, -0.2) is 4.79 Å². The van der Waals surface area contributed by atoms with Crippen molar-refractivity contribution in [3.63, 3.8) is 0 Å². The molecular formula is C16H16Cl2N2O4. The summed E-state index contributed by atoms with van der Waals surface area (Å²) in [4.78, 5) is 24.5. The molecule has 1 amide bonds. The van der Waals surface area contributed by atoms with Crippen molar-refractivity contribution in [2.45, 2.75) is 31.2 Å². The van der Waals surface area contributed by atoms with E-state index in [9.17, 15) is 14.7 Å². The number of aromatic amines is 1. The van der Waals surface area contributed by atoms with Gasteiger partial charge in [-0.3, -0.25) is 9.69 Å². The molecule has 1 saturated heterocycles. The molecule has 1 aromatic heterocycles. The lowest BCUT2D eigenvalue weighted by atomic mass is 9.76. The predicted molar refractivity (Wildman–Crippen MR) is 89.8 cm³/mol. The summed E-state index contributed by atoms with van der Waals surface area (Å²) in [5.74, 6) is 0.451. The van der Waals surface area contributed by atoms with Crippen molar-refractivity contribution in [2.75, 3.05) is 6.54 Å². The number of amides is 1. The minimum absolute atomic E-state index is 0.0812. The quantitative estimate of drug-likeness (QED) is 0.834. The van der Waals surface area contributed by atoms with Crippen LogP contribution in [0.1, 0.15) is 37.0 Å². The van der Waals surface area contributed by atoms with Crippen LogP contribution in [0.4, 0.5) is 4.79 Å². The first-order chi connectivity index (χ1) is 11.3. The van der Waals surface area contributed by atoms with Gasteiger partial charge in [-0.2, -0.15) is 5.16 Å². The highest BCUT2D eigenvalue weighted by Gasteiger charge is 2.44. The summed E-state index contributed by atoms with van der Waals surface area (Å²) in [6.45, 7) is 2.15. The average Bonchev–Trinajstić information content (AvgIpc) is 2.92. The third-order valence-corrected chi connectivity index (χ3v) is 5.04. The van der Waals surface area contributed by atoms with Crippen molar-refractivity contribution >= 4 is 29.3 Å². The number of benzene rings is 1. The number of nitrogens with zero attached hydrogens (tertiary/aromatic N) is 1. The van der Waals surface area contributed by atoms with Gasteiger partial charge in [-0.05, 0) is 43.5 Å². The van der Waals surface area contributed by atoms with Gasteiger partial charge in [0, 0.05) is 28.6 Å². The van der Waals surface area contributed by atoms with Crippen LogP contribution < -0.4 is 5.56 Å². The van der Waals surface area contributed by atoms with Gasteiger partial charge in [-0.15, -0.1) is 0 Å². The van der Waals surface area contributed by atoms with Crippen LogP contribution in [0.25, 0.3) is 0 Å². The summed E-state index contributed by atoms with van der Waals surface area (Å²) in [5, 5.41) is 12.8. The van der Waals surface area contributed by atoms with Crippen molar-refractivity contribution < 1.29 is 14.4 Å². The molecule has 0 saturated carbocycles. The Morgan fingerprint density at radius 1 is 1.33 bits per heavy atom. The van der Waals surface area contributed by atoms with E-state index in [1.165, 1.54) is 11.0 Å². The third-order valence-electron chi connectivity index (χ3n) is 4.60. The van der Waals surface area contributed by atoms with Crippen LogP contribution in [0.3, 0.4) is 0 Å². The van der Waals surface area contributed by atoms with Crippen LogP contribution in [0, 0.1) is 0 Å². The summed E-state index contributed by atoms with van der Waals surface area (Å²) >= 11 is 12.2. The predicted octanol–water partition coefficient (Wildman–Crippen LogP) is 4.05. The Morgan fingerprint density at radius 3 is 2.54 bits per heavy atom. The van der Waals surface area contributed by atoms with Crippen molar-refractivity contribution in [1.82, 2.24) is 10.1 Å². The number of aromatic nitrogens is 1. The maximum atomic E-state index is 11.7. The van der Waals surface area contributed by atoms with Gasteiger partial charge in [-0.1, -0.05) is 23.2 Å². The van der Waals surface area contributed by atoms with Crippen molar-refractivity contribution in [2.24, 2.45) is 0 Å². The Hall–Kier alpha value is -1.92. The van der Waals surface area contributed by atoms with Crippen LogP contribution >= 0.6 is 23.2 Å². The molecule has 1 aliphatic rings. The number of carbonyl (C=O) groups is 1. The molecule has 2 atom stereocenters. The Morgan fingerprint density at radius 2 is 2.00 bits per heavy atom. The number of carboxylic acid groups (broad SMARTS) is 1. The monoisotopic (exact) mass is 370 g/mol. The van der Waals surface area contributed by atoms with E-state index < -0.39 is 11.6 Å². The zero-order valence-corrected chi connectivity index (χ0v) is 14.4. The first kappa shape index (κ1) is 16.9. The number of nitrogens with one attached hydrogen (secondary N) is 1. The van der Waals surface area contributed by atoms with Gasteiger partial charge in [0.25, 0.3) is 5.56 Å². The largest absolute Gasteiger partial charge is 0.465 e. The molecule has 1 fully saturated rings. The third kappa shape index (κ3) is 3.03. The Kier molecular flexibility index (Phi) is 4.36. The van der Waals surface area contributed by atoms with Crippen LogP contribution in [0.2, 0.25) is 10.0 Å². The maximum Gasteiger partial charge on any atom is 0.408 e. The lowest BCUT2D eigenvalue weighted by Gasteiger charge is -2.46. The zero-order valence-electron chi connectivity index (χ0n) is 12.9. The van der Waals surface area contributed by atoms with E-state index in [2.05, 4.69) is 5.16 Å². The first-order valence-corrected chi connectivity index (χ1v) is 8.21. The number of hydrogen-bond donors (Lipinski definition) is 2. The number of halogens is 2. The summed E-state index contributed by atoms with van der Waals surface area (Å²) < 4.78 is 5.22. The fourth-order valence-corrected chi connectivity index (χ4v) is 3.94. The van der Waals surface area contributed by atoms with E-state index in [1.54, 1.807) is 18.2 Å². The highest BCUT2D eigenvalue weighted by atomic mass is 35.5.